The summed E-state index contributed by atoms with van der Waals surface area (Å²) in [5, 5.41) is 6.94. The third-order valence-corrected chi connectivity index (χ3v) is 5.57. The van der Waals surface area contributed by atoms with E-state index in [1.807, 2.05) is 31.2 Å². The van der Waals surface area contributed by atoms with Gasteiger partial charge >= 0.3 is 0 Å². The number of hydrogen-bond acceptors (Lipinski definition) is 5. The molecule has 0 bridgehead atoms. The SMILES string of the molecule is Cc1ccc(CN2CCCn3nc(C(=O)NCC(=O)N4CCOCC4)cc3C2=O)cc1. The zero-order valence-electron chi connectivity index (χ0n) is 17.7. The second kappa shape index (κ2) is 9.30. The molecule has 3 amide bonds. The summed E-state index contributed by atoms with van der Waals surface area (Å²) in [5.74, 6) is -0.758. The summed E-state index contributed by atoms with van der Waals surface area (Å²) in [4.78, 5) is 41.3. The highest BCUT2D eigenvalue weighted by atomic mass is 16.5. The predicted octanol–water partition coefficient (Wildman–Crippen LogP) is 0.826. The van der Waals surface area contributed by atoms with Crippen LogP contribution in [-0.4, -0.2) is 76.7 Å². The van der Waals surface area contributed by atoms with Crippen LogP contribution in [0, 0.1) is 6.92 Å². The molecular weight excluding hydrogens is 398 g/mol. The standard InChI is InChI=1S/C22H27N5O4/c1-16-3-5-17(6-4-16)15-26-7-2-8-27-19(22(26)30)13-18(24-27)21(29)23-14-20(28)25-9-11-31-12-10-25/h3-6,13H,2,7-12,14-15H2,1H3,(H,23,29). The largest absolute Gasteiger partial charge is 0.378 e. The van der Waals surface area contributed by atoms with E-state index in [1.165, 1.54) is 11.6 Å². The van der Waals surface area contributed by atoms with Gasteiger partial charge in [0, 0.05) is 38.8 Å². The molecule has 2 aliphatic rings. The second-order valence-corrected chi connectivity index (χ2v) is 7.88. The van der Waals surface area contributed by atoms with Gasteiger partial charge in [0.2, 0.25) is 5.91 Å². The summed E-state index contributed by atoms with van der Waals surface area (Å²) in [5.41, 5.74) is 2.78. The number of aromatic nitrogens is 2. The first kappa shape index (κ1) is 21.0. The Labute approximate surface area is 180 Å². The van der Waals surface area contributed by atoms with Gasteiger partial charge in [-0.05, 0) is 18.9 Å². The molecule has 0 saturated carbocycles. The molecule has 1 fully saturated rings. The smallest absolute Gasteiger partial charge is 0.272 e. The van der Waals surface area contributed by atoms with E-state index in [9.17, 15) is 14.4 Å². The number of nitrogens with one attached hydrogen (secondary N) is 1. The summed E-state index contributed by atoms with van der Waals surface area (Å²) < 4.78 is 6.83. The Bertz CT molecular complexity index is 963. The summed E-state index contributed by atoms with van der Waals surface area (Å²) in [7, 11) is 0. The van der Waals surface area contributed by atoms with Crippen molar-refractivity contribution in [2.75, 3.05) is 39.4 Å². The number of amides is 3. The van der Waals surface area contributed by atoms with Gasteiger partial charge in [-0.15, -0.1) is 0 Å². The summed E-state index contributed by atoms with van der Waals surface area (Å²) in [6.07, 6.45) is 0.753. The van der Waals surface area contributed by atoms with Crippen LogP contribution in [0.3, 0.4) is 0 Å². The monoisotopic (exact) mass is 425 g/mol. The van der Waals surface area contributed by atoms with Crippen LogP contribution in [-0.2, 0) is 22.6 Å². The van der Waals surface area contributed by atoms with Gasteiger partial charge in [0.15, 0.2) is 5.69 Å². The van der Waals surface area contributed by atoms with Gasteiger partial charge in [0.1, 0.15) is 5.69 Å². The zero-order chi connectivity index (χ0) is 21.8. The Hall–Kier alpha value is -3.20. The Morgan fingerprint density at radius 1 is 1.10 bits per heavy atom. The molecule has 2 aliphatic heterocycles. The highest BCUT2D eigenvalue weighted by Crippen LogP contribution is 2.17. The quantitative estimate of drug-likeness (QED) is 0.765. The molecule has 0 aliphatic carbocycles. The fourth-order valence-corrected chi connectivity index (χ4v) is 3.78. The van der Waals surface area contributed by atoms with E-state index in [4.69, 9.17) is 4.74 Å². The Balaban J connectivity index is 1.40. The lowest BCUT2D eigenvalue weighted by Gasteiger charge is -2.26. The molecule has 1 saturated heterocycles. The first-order valence-corrected chi connectivity index (χ1v) is 10.6. The summed E-state index contributed by atoms with van der Waals surface area (Å²) in [6, 6.07) is 9.62. The lowest BCUT2D eigenvalue weighted by atomic mass is 10.1. The van der Waals surface area contributed by atoms with Crippen LogP contribution < -0.4 is 5.32 Å². The molecule has 9 nitrogen and oxygen atoms in total. The Morgan fingerprint density at radius 2 is 1.84 bits per heavy atom. The molecule has 31 heavy (non-hydrogen) atoms. The van der Waals surface area contributed by atoms with Crippen molar-refractivity contribution in [2.45, 2.75) is 26.4 Å². The molecule has 0 radical (unpaired) electrons. The first-order chi connectivity index (χ1) is 15.0. The third-order valence-electron chi connectivity index (χ3n) is 5.57. The molecule has 3 heterocycles. The first-order valence-electron chi connectivity index (χ1n) is 10.6. The molecule has 4 rings (SSSR count). The number of aryl methyl sites for hydroxylation is 2. The molecule has 0 unspecified atom stereocenters. The summed E-state index contributed by atoms with van der Waals surface area (Å²) in [6.45, 7) is 5.70. The molecule has 9 heteroatoms. The van der Waals surface area contributed by atoms with Crippen molar-refractivity contribution in [3.05, 3.63) is 52.8 Å². The average Bonchev–Trinajstić information content (AvgIpc) is 3.16. The number of ether oxygens (including phenoxy) is 1. The number of carbonyl (C=O) groups excluding carboxylic acids is 3. The number of morpholine rings is 1. The Morgan fingerprint density at radius 3 is 2.58 bits per heavy atom. The average molecular weight is 425 g/mol. The fourth-order valence-electron chi connectivity index (χ4n) is 3.78. The molecule has 164 valence electrons. The highest BCUT2D eigenvalue weighted by molar-refractivity contribution is 5.99. The Kier molecular flexibility index (Phi) is 6.31. The van der Waals surface area contributed by atoms with Crippen LogP contribution in [0.25, 0.3) is 0 Å². The number of fused-ring (bicyclic) bond motifs is 1. The van der Waals surface area contributed by atoms with Crippen LogP contribution in [0.5, 0.6) is 0 Å². The van der Waals surface area contributed by atoms with Crippen molar-refractivity contribution in [1.82, 2.24) is 24.9 Å². The molecule has 0 spiro atoms. The van der Waals surface area contributed by atoms with Crippen LogP contribution in [0.2, 0.25) is 0 Å². The van der Waals surface area contributed by atoms with E-state index in [2.05, 4.69) is 10.4 Å². The van der Waals surface area contributed by atoms with E-state index < -0.39 is 5.91 Å². The van der Waals surface area contributed by atoms with Gasteiger partial charge in [-0.1, -0.05) is 29.8 Å². The van der Waals surface area contributed by atoms with Crippen LogP contribution in [0.15, 0.2) is 30.3 Å². The van der Waals surface area contributed by atoms with Gasteiger partial charge in [-0.3, -0.25) is 19.1 Å². The molecule has 2 aromatic rings. The predicted molar refractivity (Wildman–Crippen MR) is 112 cm³/mol. The third kappa shape index (κ3) is 4.93. The van der Waals surface area contributed by atoms with E-state index in [-0.39, 0.29) is 24.1 Å². The second-order valence-electron chi connectivity index (χ2n) is 7.88. The number of rotatable bonds is 5. The normalized spacial score (nSPS) is 16.6. The lowest BCUT2D eigenvalue weighted by molar-refractivity contribution is -0.134. The van der Waals surface area contributed by atoms with Crippen molar-refractivity contribution in [3.63, 3.8) is 0 Å². The molecule has 0 atom stereocenters. The maximum atomic E-state index is 13.1. The molecule has 1 aromatic carbocycles. The minimum atomic E-state index is -0.458. The minimum absolute atomic E-state index is 0.103. The van der Waals surface area contributed by atoms with E-state index in [0.29, 0.717) is 51.6 Å². The maximum absolute atomic E-state index is 13.1. The van der Waals surface area contributed by atoms with Crippen LogP contribution in [0.1, 0.15) is 38.5 Å². The number of hydrogen-bond donors (Lipinski definition) is 1. The van der Waals surface area contributed by atoms with Gasteiger partial charge in [0.05, 0.1) is 19.8 Å². The zero-order valence-corrected chi connectivity index (χ0v) is 17.7. The van der Waals surface area contributed by atoms with Gasteiger partial charge in [-0.25, -0.2) is 0 Å². The minimum Gasteiger partial charge on any atom is -0.378 e. The van der Waals surface area contributed by atoms with Crippen molar-refractivity contribution >= 4 is 17.7 Å². The van der Waals surface area contributed by atoms with Gasteiger partial charge < -0.3 is 19.9 Å². The maximum Gasteiger partial charge on any atom is 0.272 e. The lowest BCUT2D eigenvalue weighted by Crippen LogP contribution is -2.45. The van der Waals surface area contributed by atoms with Crippen molar-refractivity contribution in [3.8, 4) is 0 Å². The topological polar surface area (TPSA) is 96.8 Å². The van der Waals surface area contributed by atoms with Gasteiger partial charge in [0.25, 0.3) is 11.8 Å². The summed E-state index contributed by atoms with van der Waals surface area (Å²) >= 11 is 0. The number of carbonyl (C=O) groups is 3. The molecule has 1 N–H and O–H groups in total. The van der Waals surface area contributed by atoms with Crippen molar-refractivity contribution in [1.29, 1.82) is 0 Å². The van der Waals surface area contributed by atoms with Crippen molar-refractivity contribution < 1.29 is 19.1 Å². The van der Waals surface area contributed by atoms with E-state index in [1.54, 1.807) is 14.5 Å². The van der Waals surface area contributed by atoms with E-state index >= 15 is 0 Å². The highest BCUT2D eigenvalue weighted by Gasteiger charge is 2.27. The van der Waals surface area contributed by atoms with Crippen LogP contribution >= 0.6 is 0 Å². The number of nitrogens with zero attached hydrogens (tertiary/aromatic N) is 4. The molecular formula is C22H27N5O4. The van der Waals surface area contributed by atoms with Crippen molar-refractivity contribution in [2.24, 2.45) is 0 Å². The molecule has 1 aromatic heterocycles. The van der Waals surface area contributed by atoms with Crippen LogP contribution in [0.4, 0.5) is 0 Å². The van der Waals surface area contributed by atoms with Gasteiger partial charge in [-0.2, -0.15) is 5.10 Å². The fraction of sp³-hybridized carbons (Fsp3) is 0.455. The number of benzene rings is 1. The van der Waals surface area contributed by atoms with E-state index in [0.717, 1.165) is 12.0 Å².